The number of amides is 2. The maximum atomic E-state index is 13.8. The van der Waals surface area contributed by atoms with E-state index in [0.717, 1.165) is 15.4 Å². The van der Waals surface area contributed by atoms with Crippen molar-refractivity contribution in [2.75, 3.05) is 4.90 Å². The molecule has 2 bridgehead atoms. The molecule has 1 aromatic heterocycles. The summed E-state index contributed by atoms with van der Waals surface area (Å²) in [6.07, 6.45) is 0.946. The number of aromatic amines is 1. The van der Waals surface area contributed by atoms with Crippen LogP contribution in [0.5, 0.6) is 0 Å². The summed E-state index contributed by atoms with van der Waals surface area (Å²) in [4.78, 5) is 33.5. The van der Waals surface area contributed by atoms with Crippen LogP contribution in [0, 0.1) is 40.5 Å². The number of anilines is 1. The fourth-order valence-corrected chi connectivity index (χ4v) is 10.6. The second-order valence-corrected chi connectivity index (χ2v) is 13.1. The number of thiazole rings is 1. The first-order valence-corrected chi connectivity index (χ1v) is 14.0. The highest BCUT2D eigenvalue weighted by atomic mass is 35.5. The van der Waals surface area contributed by atoms with E-state index in [0.29, 0.717) is 21.9 Å². The number of nitrogens with zero attached hydrogens (tertiary/aromatic N) is 1. The number of benzene rings is 2. The Labute approximate surface area is 215 Å². The van der Waals surface area contributed by atoms with Crippen molar-refractivity contribution >= 4 is 64.4 Å². The molecular formula is C26H21ClN2O2S3. The van der Waals surface area contributed by atoms with Gasteiger partial charge in [0.05, 0.1) is 22.5 Å². The first kappa shape index (κ1) is 21.4. The van der Waals surface area contributed by atoms with E-state index in [1.165, 1.54) is 20.9 Å². The number of carbonyl (C=O) groups excluding carboxylic acids is 2. The summed E-state index contributed by atoms with van der Waals surface area (Å²) in [5, 5.41) is 2.04. The third-order valence-corrected chi connectivity index (χ3v) is 11.5. The molecular weight excluding hydrogens is 504 g/mol. The van der Waals surface area contributed by atoms with E-state index < -0.39 is 0 Å². The molecule has 1 N–H and O–H groups in total. The Kier molecular flexibility index (Phi) is 4.73. The number of hydrogen-bond acceptors (Lipinski definition) is 5. The van der Waals surface area contributed by atoms with Gasteiger partial charge in [-0.1, -0.05) is 35.9 Å². The molecule has 3 aromatic rings. The first-order valence-electron chi connectivity index (χ1n) is 11.5. The summed E-state index contributed by atoms with van der Waals surface area (Å²) in [6, 6.07) is 15.6. The number of hydrogen-bond donors (Lipinski definition) is 1. The molecule has 0 spiro atoms. The van der Waals surface area contributed by atoms with E-state index in [4.69, 9.17) is 23.8 Å². The van der Waals surface area contributed by atoms with Gasteiger partial charge in [0.15, 0.2) is 3.95 Å². The van der Waals surface area contributed by atoms with Gasteiger partial charge in [-0.15, -0.1) is 23.1 Å². The minimum absolute atomic E-state index is 0.0377. The number of H-pyrrole nitrogens is 1. The average molecular weight is 525 g/mol. The number of carbonyl (C=O) groups is 2. The van der Waals surface area contributed by atoms with Gasteiger partial charge in [-0.2, -0.15) is 0 Å². The molecule has 2 aromatic carbocycles. The number of rotatable bonds is 2. The molecule has 2 saturated carbocycles. The molecule has 172 valence electrons. The molecule has 1 saturated heterocycles. The summed E-state index contributed by atoms with van der Waals surface area (Å²) in [6.45, 7) is 2.17. The number of aromatic nitrogens is 1. The van der Waals surface area contributed by atoms with Crippen LogP contribution in [-0.2, 0) is 9.59 Å². The van der Waals surface area contributed by atoms with Crippen LogP contribution in [0.4, 0.5) is 5.69 Å². The smallest absolute Gasteiger partial charge is 0.238 e. The van der Waals surface area contributed by atoms with Gasteiger partial charge in [0.25, 0.3) is 0 Å². The summed E-state index contributed by atoms with van der Waals surface area (Å²) >= 11 is 15.1. The van der Waals surface area contributed by atoms with Crippen LogP contribution in [0.25, 0.3) is 0 Å². The average Bonchev–Trinajstić information content (AvgIpc) is 3.54. The summed E-state index contributed by atoms with van der Waals surface area (Å²) in [7, 11) is 0. The van der Waals surface area contributed by atoms with Crippen molar-refractivity contribution in [3.63, 3.8) is 0 Å². The van der Waals surface area contributed by atoms with E-state index in [-0.39, 0.29) is 41.4 Å². The van der Waals surface area contributed by atoms with Crippen molar-refractivity contribution in [3.05, 3.63) is 73.5 Å². The molecule has 4 aliphatic rings. The van der Waals surface area contributed by atoms with Gasteiger partial charge in [-0.3, -0.25) is 14.5 Å². The summed E-state index contributed by atoms with van der Waals surface area (Å²) in [5.41, 5.74) is 3.21. The minimum Gasteiger partial charge on any atom is -0.332 e. The van der Waals surface area contributed by atoms with E-state index in [2.05, 4.69) is 36.2 Å². The quantitative estimate of drug-likeness (QED) is 0.309. The topological polar surface area (TPSA) is 53.2 Å². The van der Waals surface area contributed by atoms with Crippen molar-refractivity contribution < 1.29 is 9.59 Å². The lowest BCUT2D eigenvalue weighted by molar-refractivity contribution is -0.123. The molecule has 3 fully saturated rings. The van der Waals surface area contributed by atoms with Gasteiger partial charge in [-0.25, -0.2) is 0 Å². The molecule has 2 aliphatic carbocycles. The molecule has 7 unspecified atom stereocenters. The normalized spacial score (nSPS) is 33.2. The lowest BCUT2D eigenvalue weighted by Gasteiger charge is -2.43. The highest BCUT2D eigenvalue weighted by Gasteiger charge is 2.69. The molecule has 4 nitrogen and oxygen atoms in total. The van der Waals surface area contributed by atoms with Gasteiger partial charge in [0.1, 0.15) is 0 Å². The highest BCUT2D eigenvalue weighted by molar-refractivity contribution is 8.00. The number of fused-ring (bicyclic) bond motifs is 9. The lowest BCUT2D eigenvalue weighted by Crippen LogP contribution is -2.42. The van der Waals surface area contributed by atoms with Crippen LogP contribution in [0.15, 0.2) is 53.6 Å². The Morgan fingerprint density at radius 1 is 1.03 bits per heavy atom. The Morgan fingerprint density at radius 3 is 2.47 bits per heavy atom. The number of thioether (sulfide) groups is 1. The second kappa shape index (κ2) is 7.53. The Hall–Kier alpha value is -1.93. The summed E-state index contributed by atoms with van der Waals surface area (Å²) < 4.78 is 0.796. The van der Waals surface area contributed by atoms with Gasteiger partial charge < -0.3 is 4.98 Å². The number of aryl methyl sites for hydroxylation is 1. The predicted octanol–water partition coefficient (Wildman–Crippen LogP) is 6.45. The van der Waals surface area contributed by atoms with Crippen LogP contribution in [0.1, 0.15) is 28.3 Å². The Bertz CT molecular complexity index is 1410. The van der Waals surface area contributed by atoms with Crippen LogP contribution in [0.3, 0.4) is 0 Å². The van der Waals surface area contributed by atoms with E-state index in [1.54, 1.807) is 35.6 Å². The standard InChI is InChI=1S/C26H21ClN2O2S3/c1-11-4-2-3-5-14(11)17-18-15-10-16(21(18)33-23-22(17)34-26(32)28-23)20-19(15)24(30)29(25(20)31)13-8-6-12(27)7-9-13/h2-9,15-21H,10H2,1H3,(H,28,32). The zero-order valence-corrected chi connectivity index (χ0v) is 21.4. The van der Waals surface area contributed by atoms with Crippen molar-refractivity contribution in [2.45, 2.75) is 29.5 Å². The first-order chi connectivity index (χ1) is 16.4. The van der Waals surface area contributed by atoms with Gasteiger partial charge in [0, 0.05) is 21.1 Å². The van der Waals surface area contributed by atoms with Crippen molar-refractivity contribution in [3.8, 4) is 0 Å². The van der Waals surface area contributed by atoms with Crippen LogP contribution in [0.2, 0.25) is 5.02 Å². The van der Waals surface area contributed by atoms with Crippen molar-refractivity contribution in [1.29, 1.82) is 0 Å². The second-order valence-electron chi connectivity index (χ2n) is 9.81. The zero-order chi connectivity index (χ0) is 23.3. The maximum Gasteiger partial charge on any atom is 0.238 e. The predicted molar refractivity (Wildman–Crippen MR) is 138 cm³/mol. The molecule has 7 atom stereocenters. The van der Waals surface area contributed by atoms with Crippen LogP contribution in [-0.4, -0.2) is 22.0 Å². The van der Waals surface area contributed by atoms with Gasteiger partial charge >= 0.3 is 0 Å². The van der Waals surface area contributed by atoms with Gasteiger partial charge in [0.2, 0.25) is 11.8 Å². The maximum absolute atomic E-state index is 13.8. The highest BCUT2D eigenvalue weighted by Crippen LogP contribution is 2.69. The minimum atomic E-state index is -0.241. The fourth-order valence-electron chi connectivity index (χ4n) is 7.15. The third-order valence-electron chi connectivity index (χ3n) is 8.33. The van der Waals surface area contributed by atoms with Crippen molar-refractivity contribution in [2.24, 2.45) is 29.6 Å². The molecule has 8 heteroatoms. The molecule has 3 heterocycles. The Morgan fingerprint density at radius 2 is 1.74 bits per heavy atom. The molecule has 34 heavy (non-hydrogen) atoms. The molecule has 2 amide bonds. The third kappa shape index (κ3) is 2.81. The zero-order valence-electron chi connectivity index (χ0n) is 18.2. The monoisotopic (exact) mass is 524 g/mol. The molecule has 0 radical (unpaired) electrons. The lowest BCUT2D eigenvalue weighted by atomic mass is 9.67. The van der Waals surface area contributed by atoms with Crippen LogP contribution >= 0.6 is 46.9 Å². The van der Waals surface area contributed by atoms with Crippen molar-refractivity contribution in [1.82, 2.24) is 4.98 Å². The SMILES string of the molecule is Cc1ccccc1C1c2sc(=S)[nH]c2SC2C3CC(C4C(=O)N(c5ccc(Cl)cc5)C(=O)C34)C12. The molecule has 2 aliphatic heterocycles. The van der Waals surface area contributed by atoms with E-state index in [9.17, 15) is 9.59 Å². The number of halogens is 1. The van der Waals surface area contributed by atoms with Gasteiger partial charge in [-0.05, 0) is 78.7 Å². The number of nitrogens with one attached hydrogen (secondary N) is 1. The molecule has 7 rings (SSSR count). The van der Waals surface area contributed by atoms with E-state index in [1.807, 2.05) is 11.8 Å². The van der Waals surface area contributed by atoms with E-state index >= 15 is 0 Å². The van der Waals surface area contributed by atoms with Crippen LogP contribution < -0.4 is 4.90 Å². The Balaban J connectivity index is 1.34. The largest absolute Gasteiger partial charge is 0.332 e. The fraction of sp³-hybridized carbons (Fsp3) is 0.346. The number of imide groups is 1. The summed E-state index contributed by atoms with van der Waals surface area (Å²) in [5.74, 6) is 0.342.